The predicted molar refractivity (Wildman–Crippen MR) is 279 cm³/mol. The van der Waals surface area contributed by atoms with Crippen molar-refractivity contribution in [2.24, 2.45) is 0 Å². The molecule has 2 heteroatoms. The monoisotopic (exact) mass is 839 g/mol. The van der Waals surface area contributed by atoms with Gasteiger partial charge in [0.15, 0.2) is 0 Å². The highest BCUT2D eigenvalue weighted by Gasteiger charge is 2.30. The summed E-state index contributed by atoms with van der Waals surface area (Å²) in [4.78, 5) is 0. The number of allylic oxidation sites excluding steroid dienone is 1. The molecule has 308 valence electrons. The van der Waals surface area contributed by atoms with Crippen molar-refractivity contribution in [1.82, 2.24) is 4.57 Å². The molecular weight excluding hydrogens is 799 g/mol. The molecule has 0 spiro atoms. The summed E-state index contributed by atoms with van der Waals surface area (Å²) in [6.45, 7) is 0. The van der Waals surface area contributed by atoms with Gasteiger partial charge in [0, 0.05) is 33.3 Å². The summed E-state index contributed by atoms with van der Waals surface area (Å²) in [7, 11) is 0. The molecule has 0 bridgehead atoms. The van der Waals surface area contributed by atoms with Crippen LogP contribution in [-0.4, -0.2) is 4.57 Å². The minimum atomic E-state index is 0.0961. The van der Waals surface area contributed by atoms with Crippen LogP contribution in [-0.2, 0) is 0 Å². The third kappa shape index (κ3) is 5.42. The Morgan fingerprint density at radius 3 is 1.38 bits per heavy atom. The Bertz CT molecular complexity index is 3980. The first-order chi connectivity index (χ1) is 32.8. The molecule has 0 aliphatic heterocycles. The predicted octanol–water partition coefficient (Wildman–Crippen LogP) is 17.7. The van der Waals surface area contributed by atoms with E-state index in [0.717, 1.165) is 23.5 Å². The number of rotatable bonds is 5. The van der Waals surface area contributed by atoms with Crippen LogP contribution in [0.2, 0.25) is 0 Å². The molecular formula is C64H41NO. The van der Waals surface area contributed by atoms with Gasteiger partial charge in [0.05, 0.1) is 11.0 Å². The minimum Gasteiger partial charge on any atom is -0.456 e. The highest BCUT2D eigenvalue weighted by molar-refractivity contribution is 6.22. The molecule has 2 aromatic heterocycles. The van der Waals surface area contributed by atoms with Gasteiger partial charge in [0.2, 0.25) is 0 Å². The first kappa shape index (κ1) is 37.0. The average Bonchev–Trinajstić information content (AvgIpc) is 3.93. The van der Waals surface area contributed by atoms with Gasteiger partial charge in [-0.1, -0.05) is 188 Å². The van der Waals surface area contributed by atoms with Crippen molar-refractivity contribution >= 4 is 81.9 Å². The Hall–Kier alpha value is -8.46. The fourth-order valence-corrected chi connectivity index (χ4v) is 11.7. The first-order valence-corrected chi connectivity index (χ1v) is 23.0. The van der Waals surface area contributed by atoms with Gasteiger partial charge >= 0.3 is 0 Å². The van der Waals surface area contributed by atoms with Crippen LogP contribution in [0.3, 0.4) is 0 Å². The highest BCUT2D eigenvalue weighted by Crippen LogP contribution is 2.51. The summed E-state index contributed by atoms with van der Waals surface area (Å²) in [5.41, 5.74) is 14.5. The first-order valence-electron chi connectivity index (χ1n) is 23.0. The van der Waals surface area contributed by atoms with Crippen LogP contribution in [0.25, 0.3) is 121 Å². The molecule has 2 nitrogen and oxygen atoms in total. The number of fused-ring (bicyclic) bond motifs is 10. The molecule has 11 aromatic carbocycles. The average molecular weight is 840 g/mol. The molecule has 1 aliphatic rings. The van der Waals surface area contributed by atoms with Gasteiger partial charge in [0.1, 0.15) is 11.3 Å². The van der Waals surface area contributed by atoms with Gasteiger partial charge in [0.25, 0.3) is 0 Å². The lowest BCUT2D eigenvalue weighted by Crippen LogP contribution is -2.06. The normalized spacial score (nSPS) is 13.8. The number of para-hydroxylation sites is 2. The molecule has 0 amide bonds. The van der Waals surface area contributed by atoms with Crippen LogP contribution in [0.1, 0.15) is 29.2 Å². The number of benzene rings is 11. The third-order valence-corrected chi connectivity index (χ3v) is 14.3. The van der Waals surface area contributed by atoms with E-state index in [1.165, 1.54) is 115 Å². The Morgan fingerprint density at radius 2 is 0.803 bits per heavy atom. The van der Waals surface area contributed by atoms with Crippen LogP contribution in [0.5, 0.6) is 0 Å². The summed E-state index contributed by atoms with van der Waals surface area (Å²) in [6.07, 6.45) is 5.39. The molecule has 0 radical (unpaired) electrons. The van der Waals surface area contributed by atoms with E-state index in [-0.39, 0.29) is 5.92 Å². The van der Waals surface area contributed by atoms with Crippen molar-refractivity contribution in [3.63, 3.8) is 0 Å². The summed E-state index contributed by atoms with van der Waals surface area (Å²) < 4.78 is 9.22. The molecule has 13 aromatic rings. The lowest BCUT2D eigenvalue weighted by molar-refractivity contribution is 0.590. The van der Waals surface area contributed by atoms with Crippen LogP contribution >= 0.6 is 0 Å². The summed E-state index contributed by atoms with van der Waals surface area (Å²) in [5.74, 6) is 1.05. The van der Waals surface area contributed by atoms with Crippen molar-refractivity contribution in [3.8, 4) is 39.1 Å². The van der Waals surface area contributed by atoms with E-state index >= 15 is 0 Å². The van der Waals surface area contributed by atoms with Crippen LogP contribution in [0, 0.1) is 0 Å². The summed E-state index contributed by atoms with van der Waals surface area (Å²) in [5, 5.41) is 13.8. The zero-order chi connectivity index (χ0) is 43.3. The largest absolute Gasteiger partial charge is 0.456 e. The van der Waals surface area contributed by atoms with Crippen molar-refractivity contribution in [3.05, 3.63) is 241 Å². The second kappa shape index (κ2) is 14.5. The maximum absolute atomic E-state index is 6.81. The van der Waals surface area contributed by atoms with Crippen molar-refractivity contribution in [2.75, 3.05) is 0 Å². The van der Waals surface area contributed by atoms with E-state index in [1.807, 2.05) is 0 Å². The SMILES string of the molecule is C1=Cc2oc3ccc(-c4c5ccccc5c(-c5cccc(-n6c7ccccc7c7ccccc76)c5)c5ccccc45)cc3c2C(c2c3ccccc3c(-c3ccccc3)c3ccccc23)C1. The quantitative estimate of drug-likeness (QED) is 0.158. The Labute approximate surface area is 381 Å². The third-order valence-electron chi connectivity index (χ3n) is 14.3. The second-order valence-electron chi connectivity index (χ2n) is 17.8. The number of nitrogens with zero attached hydrogens (tertiary/aromatic N) is 1. The van der Waals surface area contributed by atoms with Crippen molar-refractivity contribution in [1.29, 1.82) is 0 Å². The second-order valence-corrected chi connectivity index (χ2v) is 17.8. The zero-order valence-corrected chi connectivity index (χ0v) is 36.1. The van der Waals surface area contributed by atoms with Crippen molar-refractivity contribution in [2.45, 2.75) is 12.3 Å². The van der Waals surface area contributed by atoms with Gasteiger partial charge in [-0.2, -0.15) is 0 Å². The number of aromatic nitrogens is 1. The molecule has 14 rings (SSSR count). The smallest absolute Gasteiger partial charge is 0.135 e. The standard InChI is InChI=1S/C64H41NO/c1-2-18-40(19-3-1)60-50-28-8-10-30-52(50)63(53-31-11-9-29-51(53)60)54-32-17-35-59-64(54)55-39-42(36-37-58(55)66-59)62-48-26-6-4-24-46(48)61(47-25-5-7-27-49(47)62)41-20-16-21-43(38-41)65-56-33-14-12-22-44(56)45-23-13-15-34-57(45)65/h1-31,33-39,54H,32H2. The number of hydrogen-bond donors (Lipinski definition) is 0. The maximum Gasteiger partial charge on any atom is 0.135 e. The Morgan fingerprint density at radius 1 is 0.348 bits per heavy atom. The lowest BCUT2D eigenvalue weighted by atomic mass is 9.77. The minimum absolute atomic E-state index is 0.0961. The summed E-state index contributed by atoms with van der Waals surface area (Å²) >= 11 is 0. The summed E-state index contributed by atoms with van der Waals surface area (Å²) in [6, 6.07) is 80.4. The van der Waals surface area contributed by atoms with Gasteiger partial charge in [-0.05, 0) is 131 Å². The van der Waals surface area contributed by atoms with E-state index in [9.17, 15) is 0 Å². The molecule has 2 heterocycles. The number of furan rings is 1. The molecule has 0 N–H and O–H groups in total. The van der Waals surface area contributed by atoms with Crippen LogP contribution in [0.15, 0.2) is 229 Å². The maximum atomic E-state index is 6.81. The van der Waals surface area contributed by atoms with Gasteiger partial charge < -0.3 is 8.98 Å². The lowest BCUT2D eigenvalue weighted by Gasteiger charge is -2.25. The van der Waals surface area contributed by atoms with E-state index in [0.29, 0.717) is 0 Å². The Balaban J connectivity index is 0.977. The zero-order valence-electron chi connectivity index (χ0n) is 36.1. The molecule has 1 atom stereocenters. The molecule has 66 heavy (non-hydrogen) atoms. The molecule has 0 saturated heterocycles. The van der Waals surface area contributed by atoms with Gasteiger partial charge in [-0.25, -0.2) is 0 Å². The van der Waals surface area contributed by atoms with E-state index < -0.39 is 0 Å². The van der Waals surface area contributed by atoms with Crippen molar-refractivity contribution < 1.29 is 4.42 Å². The molecule has 0 saturated carbocycles. The van der Waals surface area contributed by atoms with E-state index in [2.05, 4.69) is 235 Å². The van der Waals surface area contributed by atoms with E-state index in [1.54, 1.807) is 0 Å². The van der Waals surface area contributed by atoms with Crippen LogP contribution < -0.4 is 0 Å². The van der Waals surface area contributed by atoms with Gasteiger partial charge in [-0.3, -0.25) is 0 Å². The van der Waals surface area contributed by atoms with Gasteiger partial charge in [-0.15, -0.1) is 0 Å². The fraction of sp³-hybridized carbons (Fsp3) is 0.0312. The topological polar surface area (TPSA) is 18.1 Å². The van der Waals surface area contributed by atoms with E-state index in [4.69, 9.17) is 4.42 Å². The molecule has 0 fully saturated rings. The van der Waals surface area contributed by atoms with Crippen LogP contribution in [0.4, 0.5) is 0 Å². The highest BCUT2D eigenvalue weighted by atomic mass is 16.3. The number of hydrogen-bond acceptors (Lipinski definition) is 1. The molecule has 1 aliphatic carbocycles. The molecule has 1 unspecified atom stereocenters. The Kier molecular flexibility index (Phi) is 8.14. The fourth-order valence-electron chi connectivity index (χ4n) is 11.7.